The Kier molecular flexibility index (Phi) is 5.70. The summed E-state index contributed by atoms with van der Waals surface area (Å²) in [7, 11) is 0. The molecule has 114 valence electrons. The van der Waals surface area contributed by atoms with Crippen LogP contribution in [0.5, 0.6) is 0 Å². The molecule has 2 unspecified atom stereocenters. The Labute approximate surface area is 131 Å². The van der Waals surface area contributed by atoms with Crippen LogP contribution in [0.3, 0.4) is 0 Å². The van der Waals surface area contributed by atoms with Crippen LogP contribution >= 0.6 is 15.9 Å². The van der Waals surface area contributed by atoms with Crippen molar-refractivity contribution in [1.29, 1.82) is 0 Å². The maximum atomic E-state index is 5.78. The third-order valence-electron chi connectivity index (χ3n) is 4.73. The second-order valence-electron chi connectivity index (χ2n) is 5.88. The smallest absolute Gasteiger partial charge is 0.136 e. The number of rotatable bonds is 6. The summed E-state index contributed by atoms with van der Waals surface area (Å²) >= 11 is 3.63. The topological polar surface area (TPSA) is 28.4 Å². The first-order chi connectivity index (χ1) is 9.63. The summed E-state index contributed by atoms with van der Waals surface area (Å²) in [5, 5.41) is 3.65. The van der Waals surface area contributed by atoms with Crippen molar-refractivity contribution in [3.63, 3.8) is 0 Å². The summed E-state index contributed by atoms with van der Waals surface area (Å²) in [6.07, 6.45) is 6.88. The van der Waals surface area contributed by atoms with E-state index >= 15 is 0 Å². The second kappa shape index (κ2) is 7.10. The third kappa shape index (κ3) is 3.12. The van der Waals surface area contributed by atoms with Gasteiger partial charge < -0.3 is 9.73 Å². The molecule has 1 N–H and O–H groups in total. The highest BCUT2D eigenvalue weighted by molar-refractivity contribution is 9.10. The van der Waals surface area contributed by atoms with Crippen LogP contribution in [0.15, 0.2) is 21.2 Å². The van der Waals surface area contributed by atoms with Gasteiger partial charge in [0.15, 0.2) is 0 Å². The lowest BCUT2D eigenvalue weighted by Crippen LogP contribution is -2.55. The maximum Gasteiger partial charge on any atom is 0.136 e. The number of hydrogen-bond acceptors (Lipinski definition) is 3. The molecular weight excluding hydrogens is 316 g/mol. The normalized spacial score (nSPS) is 21.6. The molecule has 0 radical (unpaired) electrons. The molecule has 1 fully saturated rings. The molecule has 0 amide bonds. The predicted molar refractivity (Wildman–Crippen MR) is 86.9 cm³/mol. The van der Waals surface area contributed by atoms with Crippen molar-refractivity contribution in [1.82, 2.24) is 10.2 Å². The molecule has 1 aliphatic heterocycles. The van der Waals surface area contributed by atoms with E-state index in [1.54, 1.807) is 6.26 Å². The second-order valence-corrected chi connectivity index (χ2v) is 6.74. The first-order valence-corrected chi connectivity index (χ1v) is 8.64. The largest absolute Gasteiger partial charge is 0.466 e. The van der Waals surface area contributed by atoms with Gasteiger partial charge in [-0.3, -0.25) is 4.90 Å². The fourth-order valence-corrected chi connectivity index (χ4v) is 3.76. The molecule has 0 saturated carbocycles. The van der Waals surface area contributed by atoms with Gasteiger partial charge in [-0.15, -0.1) is 0 Å². The highest BCUT2D eigenvalue weighted by Crippen LogP contribution is 2.39. The molecule has 1 aromatic rings. The minimum Gasteiger partial charge on any atom is -0.466 e. The zero-order chi connectivity index (χ0) is 14.6. The zero-order valence-corrected chi connectivity index (χ0v) is 14.5. The first-order valence-electron chi connectivity index (χ1n) is 7.84. The first kappa shape index (κ1) is 16.1. The van der Waals surface area contributed by atoms with Crippen LogP contribution in [0.2, 0.25) is 0 Å². The molecule has 2 atom stereocenters. The highest BCUT2D eigenvalue weighted by Gasteiger charge is 2.41. The standard InChI is InChI=1S/C16H27BrN2O/c1-4-16(3,19-10-7-6-8-11-19)15(18-5-2)14-13(17)9-12-20-14/h9,12,15,18H,4-8,10-11H2,1-3H3. The fourth-order valence-electron chi connectivity index (χ4n) is 3.33. The SMILES string of the molecule is CCNC(c1occc1Br)C(C)(CC)N1CCCCC1. The van der Waals surface area contributed by atoms with Gasteiger partial charge in [0.25, 0.3) is 0 Å². The van der Waals surface area contributed by atoms with Crippen LogP contribution in [-0.4, -0.2) is 30.1 Å². The van der Waals surface area contributed by atoms with E-state index in [1.165, 1.54) is 32.4 Å². The highest BCUT2D eigenvalue weighted by atomic mass is 79.9. The Hall–Kier alpha value is -0.320. The maximum absolute atomic E-state index is 5.78. The predicted octanol–water partition coefficient (Wildman–Crippen LogP) is 4.35. The summed E-state index contributed by atoms with van der Waals surface area (Å²) in [5.74, 6) is 1.03. The van der Waals surface area contributed by atoms with Gasteiger partial charge in [-0.1, -0.05) is 20.3 Å². The summed E-state index contributed by atoms with van der Waals surface area (Å²) in [6, 6.07) is 2.21. The molecule has 0 aromatic carbocycles. The quantitative estimate of drug-likeness (QED) is 0.833. The molecule has 3 nitrogen and oxygen atoms in total. The van der Waals surface area contributed by atoms with Gasteiger partial charge in [-0.25, -0.2) is 0 Å². The van der Waals surface area contributed by atoms with Crippen molar-refractivity contribution < 1.29 is 4.42 Å². The molecule has 1 aromatic heterocycles. The van der Waals surface area contributed by atoms with E-state index in [1.807, 2.05) is 6.07 Å². The summed E-state index contributed by atoms with van der Waals surface area (Å²) < 4.78 is 6.85. The number of halogens is 1. The molecule has 0 spiro atoms. The lowest BCUT2D eigenvalue weighted by Gasteiger charge is -2.47. The number of likely N-dealkylation sites (tertiary alicyclic amines) is 1. The molecule has 4 heteroatoms. The van der Waals surface area contributed by atoms with E-state index in [-0.39, 0.29) is 11.6 Å². The van der Waals surface area contributed by atoms with Crippen molar-refractivity contribution in [2.75, 3.05) is 19.6 Å². The Morgan fingerprint density at radius 2 is 2.05 bits per heavy atom. The molecule has 0 aliphatic carbocycles. The lowest BCUT2D eigenvalue weighted by atomic mass is 9.84. The Balaban J connectivity index is 2.30. The van der Waals surface area contributed by atoms with E-state index in [2.05, 4.69) is 46.9 Å². The van der Waals surface area contributed by atoms with Crippen LogP contribution in [0.4, 0.5) is 0 Å². The van der Waals surface area contributed by atoms with Crippen molar-refractivity contribution in [3.8, 4) is 0 Å². The van der Waals surface area contributed by atoms with Crippen LogP contribution in [0.25, 0.3) is 0 Å². The summed E-state index contributed by atoms with van der Waals surface area (Å²) in [5.41, 5.74) is 0.0941. The van der Waals surface area contributed by atoms with Gasteiger partial charge in [0.2, 0.25) is 0 Å². The zero-order valence-electron chi connectivity index (χ0n) is 12.9. The van der Waals surface area contributed by atoms with Crippen molar-refractivity contribution >= 4 is 15.9 Å². The third-order valence-corrected chi connectivity index (χ3v) is 5.39. The average Bonchev–Trinajstić information content (AvgIpc) is 2.91. The number of nitrogens with zero attached hydrogens (tertiary/aromatic N) is 1. The number of nitrogens with one attached hydrogen (secondary N) is 1. The molecular formula is C16H27BrN2O. The van der Waals surface area contributed by atoms with Crippen LogP contribution < -0.4 is 5.32 Å². The van der Waals surface area contributed by atoms with Crippen LogP contribution in [0, 0.1) is 0 Å². The van der Waals surface area contributed by atoms with Gasteiger partial charge in [0.05, 0.1) is 16.8 Å². The van der Waals surface area contributed by atoms with E-state index < -0.39 is 0 Å². The summed E-state index contributed by atoms with van der Waals surface area (Å²) in [4.78, 5) is 2.65. The Bertz CT molecular complexity index is 414. The van der Waals surface area contributed by atoms with Gasteiger partial charge in [0.1, 0.15) is 5.76 Å². The van der Waals surface area contributed by atoms with Gasteiger partial charge in [-0.05, 0) is 67.8 Å². The molecule has 1 saturated heterocycles. The van der Waals surface area contributed by atoms with Crippen LogP contribution in [0.1, 0.15) is 58.3 Å². The Morgan fingerprint density at radius 1 is 1.35 bits per heavy atom. The van der Waals surface area contributed by atoms with E-state index in [4.69, 9.17) is 4.42 Å². The van der Waals surface area contributed by atoms with Crippen molar-refractivity contribution in [3.05, 3.63) is 22.6 Å². The molecule has 1 aliphatic rings. The van der Waals surface area contributed by atoms with Gasteiger partial charge in [-0.2, -0.15) is 0 Å². The molecule has 2 heterocycles. The number of likely N-dealkylation sites (N-methyl/N-ethyl adjacent to an activating group) is 1. The van der Waals surface area contributed by atoms with E-state index in [9.17, 15) is 0 Å². The molecule has 0 bridgehead atoms. The molecule has 2 rings (SSSR count). The average molecular weight is 343 g/mol. The number of furan rings is 1. The number of piperidine rings is 1. The van der Waals surface area contributed by atoms with Gasteiger partial charge >= 0.3 is 0 Å². The lowest BCUT2D eigenvalue weighted by molar-refractivity contribution is 0.0359. The van der Waals surface area contributed by atoms with Crippen LogP contribution in [-0.2, 0) is 0 Å². The van der Waals surface area contributed by atoms with E-state index in [0.717, 1.165) is 23.2 Å². The molecule has 20 heavy (non-hydrogen) atoms. The van der Waals surface area contributed by atoms with Crippen molar-refractivity contribution in [2.45, 2.75) is 58.0 Å². The van der Waals surface area contributed by atoms with Gasteiger partial charge in [0, 0.05) is 5.54 Å². The Morgan fingerprint density at radius 3 is 2.55 bits per heavy atom. The number of hydrogen-bond donors (Lipinski definition) is 1. The summed E-state index contributed by atoms with van der Waals surface area (Å²) in [6.45, 7) is 10.2. The van der Waals surface area contributed by atoms with Crippen molar-refractivity contribution in [2.24, 2.45) is 0 Å². The van der Waals surface area contributed by atoms with E-state index in [0.29, 0.717) is 0 Å². The monoisotopic (exact) mass is 342 g/mol. The fraction of sp³-hybridized carbons (Fsp3) is 0.750. The minimum atomic E-state index is 0.0941. The minimum absolute atomic E-state index is 0.0941.